The van der Waals surface area contributed by atoms with E-state index in [1.165, 1.54) is 12.4 Å². The third kappa shape index (κ3) is 4.90. The zero-order chi connectivity index (χ0) is 25.7. The van der Waals surface area contributed by atoms with Crippen LogP contribution in [0, 0.1) is 0 Å². The second-order valence-electron chi connectivity index (χ2n) is 8.32. The number of aromatic carboxylic acids is 1. The molecule has 0 saturated carbocycles. The number of carbonyl (C=O) groups excluding carboxylic acids is 1. The number of para-hydroxylation sites is 1. The van der Waals surface area contributed by atoms with Gasteiger partial charge in [-0.1, -0.05) is 25.1 Å². The molecule has 0 aliphatic carbocycles. The van der Waals surface area contributed by atoms with Gasteiger partial charge in [0.15, 0.2) is 5.76 Å². The van der Waals surface area contributed by atoms with Crippen LogP contribution in [0.5, 0.6) is 0 Å². The second kappa shape index (κ2) is 10.8. The van der Waals surface area contributed by atoms with Gasteiger partial charge < -0.3 is 20.2 Å². The zero-order valence-corrected chi connectivity index (χ0v) is 21.1. The molecule has 1 unspecified atom stereocenters. The molecule has 1 amide bonds. The van der Waals surface area contributed by atoms with Crippen molar-refractivity contribution in [1.82, 2.24) is 20.3 Å². The highest BCUT2D eigenvalue weighted by Crippen LogP contribution is 2.36. The van der Waals surface area contributed by atoms with Crippen LogP contribution < -0.4 is 10.6 Å². The van der Waals surface area contributed by atoms with Crippen molar-refractivity contribution in [1.29, 1.82) is 0 Å². The van der Waals surface area contributed by atoms with E-state index < -0.39 is 5.97 Å². The number of amides is 1. The first-order chi connectivity index (χ1) is 17.4. The number of carbonyl (C=O) groups is 2. The summed E-state index contributed by atoms with van der Waals surface area (Å²) < 4.78 is 5.39. The minimum absolute atomic E-state index is 0.150. The Balaban J connectivity index is 1.69. The topological polar surface area (TPSA) is 130 Å². The number of pyridine rings is 1. The minimum Gasteiger partial charge on any atom is -0.475 e. The average molecular weight is 506 g/mol. The summed E-state index contributed by atoms with van der Waals surface area (Å²) in [6, 6.07) is 12.4. The highest BCUT2D eigenvalue weighted by atomic mass is 32.2. The fraction of sp³-hybridized carbons (Fsp3) is 0.269. The third-order valence-corrected chi connectivity index (χ3v) is 7.10. The van der Waals surface area contributed by atoms with Gasteiger partial charge in [0.05, 0.1) is 11.1 Å². The first-order valence-electron chi connectivity index (χ1n) is 11.4. The number of fused-ring (bicyclic) bond motifs is 1. The van der Waals surface area contributed by atoms with Crippen molar-refractivity contribution >= 4 is 40.4 Å². The summed E-state index contributed by atoms with van der Waals surface area (Å²) in [6.07, 6.45) is 5.98. The molecule has 3 N–H and O–H groups in total. The monoisotopic (exact) mass is 505 g/mol. The van der Waals surface area contributed by atoms with Crippen molar-refractivity contribution < 1.29 is 19.1 Å². The van der Waals surface area contributed by atoms with E-state index in [4.69, 9.17) is 9.52 Å². The lowest BCUT2D eigenvalue weighted by atomic mass is 9.78. The summed E-state index contributed by atoms with van der Waals surface area (Å²) in [5.41, 5.74) is 2.62. The van der Waals surface area contributed by atoms with Crippen molar-refractivity contribution in [3.8, 4) is 11.5 Å². The van der Waals surface area contributed by atoms with Gasteiger partial charge in [-0.3, -0.25) is 9.78 Å². The lowest BCUT2D eigenvalue weighted by molar-refractivity contribution is 0.0663. The van der Waals surface area contributed by atoms with Gasteiger partial charge in [-0.2, -0.15) is 11.8 Å². The predicted octanol–water partition coefficient (Wildman–Crippen LogP) is 4.47. The maximum atomic E-state index is 12.5. The number of rotatable bonds is 10. The molecule has 0 radical (unpaired) electrons. The molecule has 4 rings (SSSR count). The predicted molar refractivity (Wildman–Crippen MR) is 141 cm³/mol. The second-order valence-corrected chi connectivity index (χ2v) is 9.18. The van der Waals surface area contributed by atoms with Crippen LogP contribution in [0.4, 0.5) is 5.82 Å². The Morgan fingerprint density at radius 3 is 2.67 bits per heavy atom. The fourth-order valence-corrected chi connectivity index (χ4v) is 5.31. The molecule has 0 aliphatic heterocycles. The number of furan rings is 1. The number of hydrogen-bond donors (Lipinski definition) is 3. The van der Waals surface area contributed by atoms with E-state index in [1.54, 1.807) is 43.2 Å². The van der Waals surface area contributed by atoms with Gasteiger partial charge in [0.25, 0.3) is 5.91 Å². The van der Waals surface area contributed by atoms with Crippen LogP contribution in [0.2, 0.25) is 0 Å². The molecular formula is C26H27N5O4S. The lowest BCUT2D eigenvalue weighted by Gasteiger charge is -2.34. The van der Waals surface area contributed by atoms with Gasteiger partial charge in [0.2, 0.25) is 5.76 Å². The molecule has 3 heterocycles. The average Bonchev–Trinajstić information content (AvgIpc) is 3.41. The normalized spacial score (nSPS) is 12.8. The molecule has 0 saturated heterocycles. The van der Waals surface area contributed by atoms with E-state index in [9.17, 15) is 9.59 Å². The van der Waals surface area contributed by atoms with Gasteiger partial charge >= 0.3 is 5.97 Å². The van der Waals surface area contributed by atoms with E-state index in [2.05, 4.69) is 44.8 Å². The van der Waals surface area contributed by atoms with Crippen molar-refractivity contribution in [3.05, 3.63) is 71.9 Å². The molecule has 10 heteroatoms. The third-order valence-electron chi connectivity index (χ3n) is 6.26. The van der Waals surface area contributed by atoms with Crippen molar-refractivity contribution in [2.75, 3.05) is 30.9 Å². The Labute approximate surface area is 212 Å². The molecule has 0 bridgehead atoms. The number of carboxylic acids is 1. The minimum atomic E-state index is -1.14. The molecule has 9 nitrogen and oxygen atoms in total. The Morgan fingerprint density at radius 1 is 1.14 bits per heavy atom. The zero-order valence-electron chi connectivity index (χ0n) is 20.2. The maximum absolute atomic E-state index is 12.5. The first kappa shape index (κ1) is 25.2. The van der Waals surface area contributed by atoms with Crippen LogP contribution in [-0.4, -0.2) is 57.5 Å². The fourth-order valence-electron chi connectivity index (χ4n) is 4.29. The molecule has 4 aromatic rings. The maximum Gasteiger partial charge on any atom is 0.371 e. The Bertz CT molecular complexity index is 1410. The smallest absolute Gasteiger partial charge is 0.371 e. The Hall–Kier alpha value is -3.92. The van der Waals surface area contributed by atoms with Gasteiger partial charge in [-0.25, -0.2) is 14.8 Å². The number of nitrogens with one attached hydrogen (secondary N) is 2. The first-order valence-corrected chi connectivity index (χ1v) is 12.8. The van der Waals surface area contributed by atoms with Crippen molar-refractivity contribution in [2.45, 2.75) is 18.8 Å². The molecule has 3 aromatic heterocycles. The van der Waals surface area contributed by atoms with E-state index in [-0.39, 0.29) is 17.1 Å². The van der Waals surface area contributed by atoms with E-state index in [0.29, 0.717) is 29.4 Å². The summed E-state index contributed by atoms with van der Waals surface area (Å²) in [5.74, 6) is 0.321. The van der Waals surface area contributed by atoms with E-state index in [1.807, 2.05) is 12.1 Å². The van der Waals surface area contributed by atoms with Gasteiger partial charge in [-0.15, -0.1) is 0 Å². The summed E-state index contributed by atoms with van der Waals surface area (Å²) >= 11 is 1.74. The molecule has 36 heavy (non-hydrogen) atoms. The lowest BCUT2D eigenvalue weighted by Crippen LogP contribution is -2.37. The van der Waals surface area contributed by atoms with Gasteiger partial charge in [0, 0.05) is 42.4 Å². The molecule has 0 fully saturated rings. The SMILES string of the molecule is CCC(CNc1cc(-c2ccc(C(=O)O)o2)ncn1)(CSC)c1cccc2c(C(=O)NC)ccnc12. The Kier molecular flexibility index (Phi) is 7.54. The largest absolute Gasteiger partial charge is 0.475 e. The number of anilines is 1. The van der Waals surface area contributed by atoms with Gasteiger partial charge in [-0.05, 0) is 36.4 Å². The number of carboxylic acid groups (broad SMARTS) is 1. The molecule has 0 spiro atoms. The highest BCUT2D eigenvalue weighted by molar-refractivity contribution is 7.98. The van der Waals surface area contributed by atoms with Crippen molar-refractivity contribution in [3.63, 3.8) is 0 Å². The van der Waals surface area contributed by atoms with Crippen LogP contribution in [0.25, 0.3) is 22.4 Å². The summed E-state index contributed by atoms with van der Waals surface area (Å²) in [5, 5.41) is 16.1. The standard InChI is InChI=1S/C26H27N5O4S/c1-4-26(14-36-3,18-7-5-6-16-17(24(32)27-2)10-11-28-23(16)18)13-29-22-12-19(30-15-31-22)20-8-9-21(35-20)25(33)34/h5-12,15H,4,13-14H2,1-3H3,(H,27,32)(H,33,34)(H,29,30,31). The van der Waals surface area contributed by atoms with Crippen LogP contribution in [-0.2, 0) is 5.41 Å². The van der Waals surface area contributed by atoms with Crippen LogP contribution in [0.1, 0.15) is 39.8 Å². The van der Waals surface area contributed by atoms with Crippen LogP contribution in [0.3, 0.4) is 0 Å². The molecule has 1 aromatic carbocycles. The van der Waals surface area contributed by atoms with Crippen LogP contribution >= 0.6 is 11.8 Å². The number of hydrogen-bond acceptors (Lipinski definition) is 8. The summed E-state index contributed by atoms with van der Waals surface area (Å²) in [4.78, 5) is 36.9. The number of nitrogens with zero attached hydrogens (tertiary/aromatic N) is 3. The summed E-state index contributed by atoms with van der Waals surface area (Å²) in [6.45, 7) is 2.70. The quantitative estimate of drug-likeness (QED) is 0.286. The Morgan fingerprint density at radius 2 is 1.97 bits per heavy atom. The molecule has 1 atom stereocenters. The highest BCUT2D eigenvalue weighted by Gasteiger charge is 2.33. The molecular weight excluding hydrogens is 478 g/mol. The van der Waals surface area contributed by atoms with Gasteiger partial charge in [0.1, 0.15) is 17.8 Å². The number of aromatic nitrogens is 3. The van der Waals surface area contributed by atoms with Crippen molar-refractivity contribution in [2.24, 2.45) is 0 Å². The summed E-state index contributed by atoms with van der Waals surface area (Å²) in [7, 11) is 1.62. The van der Waals surface area contributed by atoms with Crippen LogP contribution in [0.15, 0.2) is 59.4 Å². The number of thioether (sulfide) groups is 1. The number of benzene rings is 1. The molecule has 186 valence electrons. The van der Waals surface area contributed by atoms with E-state index in [0.717, 1.165) is 28.6 Å². The molecule has 0 aliphatic rings. The van der Waals surface area contributed by atoms with E-state index >= 15 is 0 Å².